The van der Waals surface area contributed by atoms with Gasteiger partial charge in [-0.25, -0.2) is 0 Å². The normalized spacial score (nSPS) is 37.7. The molecule has 22 fully saturated rings. The van der Waals surface area contributed by atoms with Gasteiger partial charge in [0.05, 0.1) is 0 Å². The number of fused-ring (bicyclic) bond motifs is 21. The average Bonchev–Trinajstić information content (AvgIpc) is 1.56. The van der Waals surface area contributed by atoms with Crippen LogP contribution in [-0.2, 0) is 0 Å². The highest BCUT2D eigenvalue weighted by Gasteiger charge is 2.65. The summed E-state index contributed by atoms with van der Waals surface area (Å²) < 4.78 is 0. The van der Waals surface area contributed by atoms with Gasteiger partial charge in [-0.15, -0.1) is 0 Å². The second kappa shape index (κ2) is 61.0. The number of hydrogen-bond acceptors (Lipinski definition) is 0. The van der Waals surface area contributed by atoms with Crippen molar-refractivity contribution >= 4 is 0 Å². The number of rotatable bonds is 0. The summed E-state index contributed by atoms with van der Waals surface area (Å²) in [5.74, 6) is 27.3. The highest BCUT2D eigenvalue weighted by Crippen LogP contribution is 2.73. The Bertz CT molecular complexity index is 2690. The van der Waals surface area contributed by atoms with E-state index in [2.05, 4.69) is 163 Å². The second-order valence-electron chi connectivity index (χ2n) is 49.4. The summed E-state index contributed by atoms with van der Waals surface area (Å²) in [6, 6.07) is 0. The predicted octanol–water partition coefficient (Wildman–Crippen LogP) is 44.4. The first-order valence-corrected chi connectivity index (χ1v) is 59.7. The average molecular weight is 1780 g/mol. The van der Waals surface area contributed by atoms with Crippen molar-refractivity contribution in [2.45, 2.75) is 595 Å². The Morgan fingerprint density at radius 2 is 0.559 bits per heavy atom. The molecule has 20 atom stereocenters. The van der Waals surface area contributed by atoms with Crippen molar-refractivity contribution in [3.05, 3.63) is 24.3 Å². The maximum absolute atomic E-state index is 2.54. The Hall–Kier alpha value is -0.520. The van der Waals surface area contributed by atoms with E-state index < -0.39 is 0 Å². The highest BCUT2D eigenvalue weighted by atomic mass is 14.7. The van der Waals surface area contributed by atoms with E-state index in [-0.39, 0.29) is 0 Å². The van der Waals surface area contributed by atoms with E-state index >= 15 is 0 Å². The molecule has 0 aromatic carbocycles. The molecule has 0 nitrogen and oxygen atoms in total. The van der Waals surface area contributed by atoms with Crippen LogP contribution in [0.3, 0.4) is 0 Å². The largest absolute Gasteiger partial charge is 0.0880 e. The fourth-order valence-electron chi connectivity index (χ4n) is 32.5. The van der Waals surface area contributed by atoms with E-state index in [1.807, 2.05) is 180 Å². The summed E-state index contributed by atoms with van der Waals surface area (Å²) in [6.07, 6.45) is 74.4. The van der Waals surface area contributed by atoms with E-state index in [1.165, 1.54) is 152 Å². The van der Waals surface area contributed by atoms with E-state index in [0.29, 0.717) is 48.7 Å². The van der Waals surface area contributed by atoms with Gasteiger partial charge in [0.15, 0.2) is 0 Å². The van der Waals surface area contributed by atoms with Gasteiger partial charge < -0.3 is 0 Å². The molecular formula is C127H252. The van der Waals surface area contributed by atoms with Crippen LogP contribution in [0.15, 0.2) is 24.3 Å². The van der Waals surface area contributed by atoms with Crippen LogP contribution in [0.4, 0.5) is 0 Å². The predicted molar refractivity (Wildman–Crippen MR) is 586 cm³/mol. The molecule has 0 spiro atoms. The molecule has 0 amide bonds. The first-order chi connectivity index (χ1) is 60.4. The molecule has 0 aromatic rings. The minimum absolute atomic E-state index is 0.498. The molecule has 760 valence electrons. The molecule has 0 aromatic heterocycles. The van der Waals surface area contributed by atoms with E-state index in [9.17, 15) is 0 Å². The van der Waals surface area contributed by atoms with Gasteiger partial charge in [-0.3, -0.25) is 0 Å². The van der Waals surface area contributed by atoms with Crippen molar-refractivity contribution in [1.82, 2.24) is 0 Å². The van der Waals surface area contributed by atoms with E-state index in [0.717, 1.165) is 118 Å². The molecule has 24 rings (SSSR count). The third kappa shape index (κ3) is 35.4. The summed E-state index contributed by atoms with van der Waals surface area (Å²) in [4.78, 5) is 0. The number of allylic oxidation sites excluding steroid dienone is 4. The lowest BCUT2D eigenvalue weighted by Gasteiger charge is -2.59. The van der Waals surface area contributed by atoms with Crippen LogP contribution < -0.4 is 0 Å². The van der Waals surface area contributed by atoms with Crippen LogP contribution in [0.5, 0.6) is 0 Å². The molecule has 0 aliphatic heterocycles. The molecule has 20 unspecified atom stereocenters. The van der Waals surface area contributed by atoms with Gasteiger partial charge >= 0.3 is 0 Å². The molecule has 0 heteroatoms. The summed E-state index contributed by atoms with van der Waals surface area (Å²) in [7, 11) is 0. The third-order valence-corrected chi connectivity index (χ3v) is 38.0. The van der Waals surface area contributed by atoms with Crippen molar-refractivity contribution in [2.75, 3.05) is 0 Å². The smallest absolute Gasteiger partial charge is 0.0172 e. The van der Waals surface area contributed by atoms with Crippen LogP contribution in [0.25, 0.3) is 0 Å². The van der Waals surface area contributed by atoms with Gasteiger partial charge in [0.2, 0.25) is 0 Å². The van der Waals surface area contributed by atoms with Crippen molar-refractivity contribution < 1.29 is 0 Å². The lowest BCUT2D eigenvalue weighted by Crippen LogP contribution is -2.49. The molecular weight excluding hydrogens is 1530 g/mol. The summed E-state index contributed by atoms with van der Waals surface area (Å²) in [5, 5.41) is 0. The molecule has 24 aliphatic rings. The van der Waals surface area contributed by atoms with Gasteiger partial charge in [-0.2, -0.15) is 0 Å². The zero-order valence-corrected chi connectivity index (χ0v) is 97.6. The van der Waals surface area contributed by atoms with Crippen LogP contribution in [0, 0.1) is 196 Å². The minimum Gasteiger partial charge on any atom is -0.0880 e. The molecule has 0 N–H and O–H groups in total. The lowest BCUT2D eigenvalue weighted by atomic mass is 9.46. The Morgan fingerprint density at radius 1 is 0.197 bits per heavy atom. The maximum Gasteiger partial charge on any atom is -0.0172 e. The van der Waals surface area contributed by atoms with Crippen molar-refractivity contribution in [3.8, 4) is 0 Å². The zero-order chi connectivity index (χ0) is 98.1. The molecule has 127 heavy (non-hydrogen) atoms. The van der Waals surface area contributed by atoms with Crippen molar-refractivity contribution in [3.63, 3.8) is 0 Å². The summed E-state index contributed by atoms with van der Waals surface area (Å²) in [6.45, 7) is 101. The minimum atomic E-state index is 0.498. The van der Waals surface area contributed by atoms with Gasteiger partial charge in [-0.1, -0.05) is 401 Å². The SMILES string of the molecule is CC.CC.CC.CC.CC.CC.CC.CC.CC.CC.CC.CC.CC.CC1(C)C2CC3CC(C2)C1C3.CC1(C)C2CC3CC(C2)CC1C3.CC1(C)C=CCC1.CC1(C)C=CCCC1.CC1(C)CC2CC1C1C3CCC(C3)C21.CC1(C)CC2CC1C1CCCC21.CC1(C)CC2CC1C1CCCCC21.CC1(C)CC2CCC1C2.CC1(C)CCCC1.CC1(C)CCCCC1. The Labute approximate surface area is 809 Å². The zero-order valence-electron chi connectivity index (χ0n) is 97.6. The molecule has 24 aliphatic carbocycles. The van der Waals surface area contributed by atoms with Gasteiger partial charge in [0.1, 0.15) is 0 Å². The summed E-state index contributed by atoms with van der Waals surface area (Å²) >= 11 is 0. The number of hydrogen-bond donors (Lipinski definition) is 0. The molecule has 0 radical (unpaired) electrons. The van der Waals surface area contributed by atoms with Crippen molar-refractivity contribution in [1.29, 1.82) is 0 Å². The fraction of sp³-hybridized carbons (Fsp3) is 0.969. The van der Waals surface area contributed by atoms with Crippen LogP contribution in [0.1, 0.15) is 595 Å². The summed E-state index contributed by atoms with van der Waals surface area (Å²) in [5.41, 5.74) is 6.63. The Kier molecular flexibility index (Phi) is 60.8. The maximum atomic E-state index is 2.54. The molecule has 0 saturated heterocycles. The lowest BCUT2D eigenvalue weighted by molar-refractivity contribution is -0.0876. The fourth-order valence-corrected chi connectivity index (χ4v) is 32.5. The van der Waals surface area contributed by atoms with Crippen LogP contribution in [0.2, 0.25) is 0 Å². The van der Waals surface area contributed by atoms with Crippen LogP contribution >= 0.6 is 0 Å². The molecule has 18 bridgehead atoms. The first-order valence-electron chi connectivity index (χ1n) is 59.7. The van der Waals surface area contributed by atoms with Gasteiger partial charge in [-0.05, 0) is 414 Å². The van der Waals surface area contributed by atoms with Gasteiger partial charge in [0, 0.05) is 0 Å². The second-order valence-corrected chi connectivity index (χ2v) is 49.4. The first kappa shape index (κ1) is 126. The Morgan fingerprint density at radius 3 is 0.890 bits per heavy atom. The van der Waals surface area contributed by atoms with Crippen LogP contribution in [-0.4, -0.2) is 0 Å². The quantitative estimate of drug-likeness (QED) is 0.168. The van der Waals surface area contributed by atoms with Crippen molar-refractivity contribution in [2.24, 2.45) is 196 Å². The molecule has 22 saturated carbocycles. The standard InChI is InChI=1S/C14H22.C13H22.2C12H20.C11H18.C9H16.C8H16.C8H14.C7H14.C7H12.13C2H6/c1-14(2)7-10-6-11(14)13-9-4-3-8(5-9)12(10)13;1-13(2)8-9-7-12(13)11-6-4-3-5-10(9)11;1-12(2)10-4-8-3-9(6-10)7-11(12)5-8;1-12(2)7-8-6-11(12)10-5-3-4-9(8)10;1-11(2)9-4-7-3-8(6-9)10(11)5-7;1-9(2)6-7-3-4-8(9)5-7;2*1-8(2)6-4-3-5-7-8;2*1-7(2)5-3-4-6-7;13*1-2/h8-13H,3-7H2,1-2H3;9-12H,3-8H2,1-2H3;2*8-11H,3-7H2,1-2H3;7-10H,3-6H2,1-2H3;7-8H,3-6H2,1-2H3;3-7H2,1-2H3;4,6H,3,5,7H2,1-2H3;3-6H2,1-2H3;3,5H,4,6H2,1-2H3;13*1-2H3. The van der Waals surface area contributed by atoms with E-state index in [4.69, 9.17) is 0 Å². The topological polar surface area (TPSA) is 0 Å². The third-order valence-electron chi connectivity index (χ3n) is 38.0. The Balaban J connectivity index is 0.00000136. The monoisotopic (exact) mass is 1780 g/mol. The molecule has 0 heterocycles. The highest BCUT2D eigenvalue weighted by molar-refractivity contribution is 5.14. The van der Waals surface area contributed by atoms with Gasteiger partial charge in [0.25, 0.3) is 0 Å². The van der Waals surface area contributed by atoms with E-state index in [1.54, 1.807) is 154 Å².